The molecule has 88 valence electrons. The first-order valence-electron chi connectivity index (χ1n) is 5.31. The SMILES string of the molecule is CC1(C)[C@@H]2CC[C@@]1(CS(=O)(=O)[O-])[C@H](O)C2.[Na+]. The Morgan fingerprint density at radius 1 is 1.44 bits per heavy atom. The van der Waals surface area contributed by atoms with Crippen molar-refractivity contribution in [1.29, 1.82) is 0 Å². The normalized spacial score (nSPS) is 40.8. The van der Waals surface area contributed by atoms with Gasteiger partial charge in [0.1, 0.15) is 0 Å². The fourth-order valence-corrected chi connectivity index (χ4v) is 5.03. The van der Waals surface area contributed by atoms with Crippen LogP contribution < -0.4 is 29.6 Å². The fourth-order valence-electron chi connectivity index (χ4n) is 3.69. The van der Waals surface area contributed by atoms with Crippen LogP contribution in [0.15, 0.2) is 0 Å². The molecule has 1 N–H and O–H groups in total. The molecule has 6 heteroatoms. The molecule has 2 aliphatic carbocycles. The number of aliphatic hydroxyl groups is 1. The van der Waals surface area contributed by atoms with Crippen molar-refractivity contribution in [3.63, 3.8) is 0 Å². The standard InChI is InChI=1S/C10H18O4S.Na/c1-9(2)7-3-4-10(9,8(11)5-7)6-15(12,13)14;/h7-8,11H,3-6H2,1-2H3,(H,12,13,14);/q;+1/p-1/t7-,8-,10-;/m1./s1. The van der Waals surface area contributed by atoms with Gasteiger partial charge in [0.05, 0.1) is 16.2 Å². The summed E-state index contributed by atoms with van der Waals surface area (Å²) >= 11 is 0. The molecule has 2 fully saturated rings. The molecule has 0 heterocycles. The molecule has 16 heavy (non-hydrogen) atoms. The molecule has 0 radical (unpaired) electrons. The Morgan fingerprint density at radius 3 is 2.31 bits per heavy atom. The van der Waals surface area contributed by atoms with Crippen LogP contribution in [0, 0.1) is 16.7 Å². The Kier molecular flexibility index (Phi) is 3.93. The smallest absolute Gasteiger partial charge is 0.748 e. The number of fused-ring (bicyclic) bond motifs is 2. The number of rotatable bonds is 2. The molecule has 0 aromatic carbocycles. The molecule has 0 spiro atoms. The van der Waals surface area contributed by atoms with E-state index < -0.39 is 27.4 Å². The summed E-state index contributed by atoms with van der Waals surface area (Å²) in [6.07, 6.45) is 1.60. The molecule has 0 aliphatic heterocycles. The second-order valence-corrected chi connectivity index (χ2v) is 6.97. The summed E-state index contributed by atoms with van der Waals surface area (Å²) in [5.41, 5.74) is -0.928. The fraction of sp³-hybridized carbons (Fsp3) is 1.00. The van der Waals surface area contributed by atoms with E-state index in [1.165, 1.54) is 0 Å². The minimum atomic E-state index is -4.27. The zero-order chi connectivity index (χ0) is 11.5. The Bertz CT molecular complexity index is 378. The molecule has 2 bridgehead atoms. The van der Waals surface area contributed by atoms with Crippen LogP contribution in [-0.4, -0.2) is 29.9 Å². The van der Waals surface area contributed by atoms with Crippen LogP contribution in [0.3, 0.4) is 0 Å². The van der Waals surface area contributed by atoms with E-state index in [4.69, 9.17) is 0 Å². The zero-order valence-electron chi connectivity index (χ0n) is 10.1. The molecule has 0 aromatic heterocycles. The van der Waals surface area contributed by atoms with E-state index in [0.717, 1.165) is 6.42 Å². The molecular weight excluding hydrogens is 239 g/mol. The summed E-state index contributed by atoms with van der Waals surface area (Å²) in [5, 5.41) is 9.97. The van der Waals surface area contributed by atoms with Gasteiger partial charge in [0.15, 0.2) is 0 Å². The van der Waals surface area contributed by atoms with Gasteiger partial charge in [0, 0.05) is 11.2 Å². The van der Waals surface area contributed by atoms with Crippen molar-refractivity contribution in [3.8, 4) is 0 Å². The minimum Gasteiger partial charge on any atom is -0.748 e. The van der Waals surface area contributed by atoms with Gasteiger partial charge in [-0.3, -0.25) is 0 Å². The maximum atomic E-state index is 10.9. The first-order valence-corrected chi connectivity index (χ1v) is 6.88. The molecular formula is C10H17NaO4S. The molecule has 2 rings (SSSR count). The second-order valence-electron chi connectivity index (χ2n) is 5.57. The molecule has 3 atom stereocenters. The summed E-state index contributed by atoms with van der Waals surface area (Å²) in [5.74, 6) is -0.0563. The third kappa shape index (κ3) is 1.99. The van der Waals surface area contributed by atoms with Crippen LogP contribution in [0.25, 0.3) is 0 Å². The van der Waals surface area contributed by atoms with Crippen molar-refractivity contribution in [2.45, 2.75) is 39.2 Å². The molecule has 4 nitrogen and oxygen atoms in total. The van der Waals surface area contributed by atoms with E-state index in [1.54, 1.807) is 0 Å². The van der Waals surface area contributed by atoms with Crippen LogP contribution in [0.4, 0.5) is 0 Å². The van der Waals surface area contributed by atoms with Crippen LogP contribution in [0.2, 0.25) is 0 Å². The number of hydrogen-bond acceptors (Lipinski definition) is 4. The topological polar surface area (TPSA) is 77.4 Å². The van der Waals surface area contributed by atoms with Gasteiger partial charge in [0.25, 0.3) is 0 Å². The first-order chi connectivity index (χ1) is 6.69. The van der Waals surface area contributed by atoms with Crippen LogP contribution in [0.5, 0.6) is 0 Å². The van der Waals surface area contributed by atoms with E-state index in [-0.39, 0.29) is 35.0 Å². The summed E-state index contributed by atoms with van der Waals surface area (Å²) in [6.45, 7) is 3.96. The van der Waals surface area contributed by atoms with Gasteiger partial charge in [-0.2, -0.15) is 0 Å². The maximum Gasteiger partial charge on any atom is 1.00 e. The third-order valence-electron chi connectivity index (χ3n) is 4.82. The molecule has 0 saturated heterocycles. The first kappa shape index (κ1) is 14.9. The third-order valence-corrected chi connectivity index (χ3v) is 5.69. The van der Waals surface area contributed by atoms with Crippen molar-refractivity contribution in [3.05, 3.63) is 0 Å². The quantitative estimate of drug-likeness (QED) is 0.446. The Hall–Kier alpha value is 0.870. The van der Waals surface area contributed by atoms with E-state index >= 15 is 0 Å². The van der Waals surface area contributed by atoms with Crippen LogP contribution >= 0.6 is 0 Å². The largest absolute Gasteiger partial charge is 1.00 e. The van der Waals surface area contributed by atoms with Crippen molar-refractivity contribution >= 4 is 10.1 Å². The van der Waals surface area contributed by atoms with Gasteiger partial charge >= 0.3 is 29.6 Å². The zero-order valence-corrected chi connectivity index (χ0v) is 12.9. The van der Waals surface area contributed by atoms with Gasteiger partial charge in [-0.1, -0.05) is 13.8 Å². The summed E-state index contributed by atoms with van der Waals surface area (Å²) in [4.78, 5) is 0. The Morgan fingerprint density at radius 2 is 2.00 bits per heavy atom. The second kappa shape index (κ2) is 4.21. The minimum absolute atomic E-state index is 0. The van der Waals surface area contributed by atoms with E-state index in [0.29, 0.717) is 18.8 Å². The van der Waals surface area contributed by atoms with Crippen LogP contribution in [-0.2, 0) is 10.1 Å². The van der Waals surface area contributed by atoms with Crippen LogP contribution in [0.1, 0.15) is 33.1 Å². The summed E-state index contributed by atoms with van der Waals surface area (Å²) in [7, 11) is -4.27. The maximum absolute atomic E-state index is 10.9. The summed E-state index contributed by atoms with van der Waals surface area (Å²) in [6, 6.07) is 0. The molecule has 0 unspecified atom stereocenters. The van der Waals surface area contributed by atoms with Gasteiger partial charge in [-0.15, -0.1) is 0 Å². The van der Waals surface area contributed by atoms with Gasteiger partial charge in [-0.05, 0) is 30.6 Å². The molecule has 2 aliphatic rings. The summed E-state index contributed by atoms with van der Waals surface area (Å²) < 4.78 is 32.8. The predicted octanol–water partition coefficient (Wildman–Crippen LogP) is -2.28. The van der Waals surface area contributed by atoms with Gasteiger partial charge < -0.3 is 9.66 Å². The van der Waals surface area contributed by atoms with Crippen molar-refractivity contribution in [1.82, 2.24) is 0 Å². The van der Waals surface area contributed by atoms with Crippen molar-refractivity contribution < 1.29 is 47.6 Å². The number of hydrogen-bond donors (Lipinski definition) is 1. The average molecular weight is 256 g/mol. The molecule has 0 aromatic rings. The van der Waals surface area contributed by atoms with E-state index in [1.807, 2.05) is 13.8 Å². The van der Waals surface area contributed by atoms with Gasteiger partial charge in [-0.25, -0.2) is 8.42 Å². The van der Waals surface area contributed by atoms with Crippen molar-refractivity contribution in [2.24, 2.45) is 16.7 Å². The average Bonchev–Trinajstić information content (AvgIpc) is 2.34. The molecule has 0 amide bonds. The molecule has 2 saturated carbocycles. The monoisotopic (exact) mass is 256 g/mol. The van der Waals surface area contributed by atoms with E-state index in [2.05, 4.69) is 0 Å². The number of aliphatic hydroxyl groups excluding tert-OH is 1. The van der Waals surface area contributed by atoms with E-state index in [9.17, 15) is 18.1 Å². The Balaban J connectivity index is 0.00000128. The Labute approximate surface area is 119 Å². The van der Waals surface area contributed by atoms with Crippen molar-refractivity contribution in [2.75, 3.05) is 5.75 Å². The van der Waals surface area contributed by atoms with Gasteiger partial charge in [0.2, 0.25) is 0 Å². The predicted molar refractivity (Wildman–Crippen MR) is 54.1 cm³/mol.